The van der Waals surface area contributed by atoms with Crippen LogP contribution in [0.15, 0.2) is 0 Å². The minimum Gasteiger partial charge on any atom is -0.375 e. The van der Waals surface area contributed by atoms with E-state index in [9.17, 15) is 5.21 Å². The molecule has 1 aliphatic heterocycles. The number of rotatable bonds is 19. The van der Waals surface area contributed by atoms with Gasteiger partial charge in [0.2, 0.25) is 0 Å². The van der Waals surface area contributed by atoms with Gasteiger partial charge in [0.15, 0.2) is 6.29 Å². The van der Waals surface area contributed by atoms with Crippen molar-refractivity contribution in [2.75, 3.05) is 0 Å². The summed E-state index contributed by atoms with van der Waals surface area (Å²) < 4.78 is 19.3. The van der Waals surface area contributed by atoms with Crippen LogP contribution >= 0.6 is 0 Å². The van der Waals surface area contributed by atoms with Crippen molar-refractivity contribution in [1.82, 2.24) is 5.06 Å². The van der Waals surface area contributed by atoms with Crippen molar-refractivity contribution in [2.24, 2.45) is 0 Å². The molecule has 4 atom stereocenters. The first kappa shape index (κ1) is 32.8. The zero-order valence-corrected chi connectivity index (χ0v) is 24.9. The maximum absolute atomic E-state index is 12.7. The molecule has 0 spiro atoms. The number of hydrogen-bond acceptors (Lipinski definition) is 4. The van der Waals surface area contributed by atoms with Crippen molar-refractivity contribution in [3.63, 3.8) is 0 Å². The van der Waals surface area contributed by atoms with Gasteiger partial charge in [-0.2, -0.15) is 0 Å². The molecule has 0 aromatic carbocycles. The molecule has 0 N–H and O–H groups in total. The summed E-state index contributed by atoms with van der Waals surface area (Å²) in [6, 6.07) is 0. The summed E-state index contributed by atoms with van der Waals surface area (Å²) in [7, 11) is 0. The van der Waals surface area contributed by atoms with Crippen LogP contribution in [0, 0.1) is 0 Å². The lowest BCUT2D eigenvalue weighted by Crippen LogP contribution is -2.60. The van der Waals surface area contributed by atoms with E-state index in [1.807, 2.05) is 27.7 Å². The van der Waals surface area contributed by atoms with Gasteiger partial charge >= 0.3 is 0 Å². The second kappa shape index (κ2) is 16.6. The third-order valence-corrected chi connectivity index (χ3v) is 7.63. The summed E-state index contributed by atoms with van der Waals surface area (Å²) >= 11 is 0. The molecule has 4 unspecified atom stereocenters. The van der Waals surface area contributed by atoms with Crippen molar-refractivity contribution in [3.05, 3.63) is 0 Å². The van der Waals surface area contributed by atoms with Crippen molar-refractivity contribution in [3.8, 4) is 0 Å². The number of piperidine rings is 1. The standard InChI is InChI=1S/C30H60NO4/c1-10-13-14-15-16-17-18-19-20-28(33-24(4)11-2)34-25(5)21-26(12-3)35-27-22-29(6,7)31(32)30(8,9)23-27/h24-28H,10-23H2,1-9H3. The van der Waals surface area contributed by atoms with Crippen LogP contribution in [0.2, 0.25) is 0 Å². The van der Waals surface area contributed by atoms with E-state index in [1.165, 1.54) is 50.0 Å². The van der Waals surface area contributed by atoms with E-state index in [0.717, 1.165) is 44.9 Å². The maximum Gasteiger partial charge on any atom is 0.158 e. The zero-order valence-electron chi connectivity index (χ0n) is 24.9. The van der Waals surface area contributed by atoms with Gasteiger partial charge in [0, 0.05) is 11.1 Å². The van der Waals surface area contributed by atoms with Gasteiger partial charge in [-0.25, -0.2) is 0 Å². The van der Waals surface area contributed by atoms with Gasteiger partial charge in [0.25, 0.3) is 0 Å². The topological polar surface area (TPSA) is 50.8 Å². The highest BCUT2D eigenvalue weighted by Crippen LogP contribution is 2.39. The molecule has 0 aromatic rings. The lowest BCUT2D eigenvalue weighted by atomic mass is 9.80. The Kier molecular flexibility index (Phi) is 15.6. The molecule has 1 rings (SSSR count). The predicted octanol–water partition coefficient (Wildman–Crippen LogP) is 8.62. The monoisotopic (exact) mass is 498 g/mol. The highest BCUT2D eigenvalue weighted by molar-refractivity contribution is 4.96. The van der Waals surface area contributed by atoms with Gasteiger partial charge < -0.3 is 14.2 Å². The molecular formula is C30H60NO4. The van der Waals surface area contributed by atoms with Crippen molar-refractivity contribution < 1.29 is 19.4 Å². The lowest BCUT2D eigenvalue weighted by molar-refractivity contribution is -0.304. The minimum atomic E-state index is -0.405. The summed E-state index contributed by atoms with van der Waals surface area (Å²) in [6.07, 6.45) is 16.2. The van der Waals surface area contributed by atoms with Crippen LogP contribution in [-0.4, -0.2) is 46.8 Å². The lowest BCUT2D eigenvalue weighted by Gasteiger charge is -2.50. The fourth-order valence-corrected chi connectivity index (χ4v) is 5.51. The molecule has 35 heavy (non-hydrogen) atoms. The van der Waals surface area contributed by atoms with Gasteiger partial charge in [-0.1, -0.05) is 65.7 Å². The third kappa shape index (κ3) is 12.7. The molecular weight excluding hydrogens is 438 g/mol. The van der Waals surface area contributed by atoms with E-state index < -0.39 is 11.1 Å². The first-order chi connectivity index (χ1) is 16.4. The van der Waals surface area contributed by atoms with Crippen molar-refractivity contribution in [2.45, 2.75) is 194 Å². The molecule has 5 heteroatoms. The Bertz CT molecular complexity index is 520. The van der Waals surface area contributed by atoms with Gasteiger partial charge in [-0.3, -0.25) is 0 Å². The third-order valence-electron chi connectivity index (χ3n) is 7.63. The van der Waals surface area contributed by atoms with Gasteiger partial charge in [0.05, 0.1) is 24.4 Å². The Labute approximate surface area is 218 Å². The number of nitrogens with zero attached hydrogens (tertiary/aromatic N) is 1. The molecule has 1 radical (unpaired) electrons. The molecule has 5 nitrogen and oxygen atoms in total. The fourth-order valence-electron chi connectivity index (χ4n) is 5.51. The molecule has 0 bridgehead atoms. The van der Waals surface area contributed by atoms with Crippen LogP contribution in [0.1, 0.15) is 152 Å². The van der Waals surface area contributed by atoms with Gasteiger partial charge in [0.1, 0.15) is 0 Å². The minimum absolute atomic E-state index is 0.0728. The quantitative estimate of drug-likeness (QED) is 0.132. The Morgan fingerprint density at radius 1 is 0.771 bits per heavy atom. The Morgan fingerprint density at radius 3 is 1.80 bits per heavy atom. The van der Waals surface area contributed by atoms with Crippen LogP contribution in [0.5, 0.6) is 0 Å². The molecule has 1 aliphatic rings. The van der Waals surface area contributed by atoms with Crippen molar-refractivity contribution in [1.29, 1.82) is 0 Å². The summed E-state index contributed by atoms with van der Waals surface area (Å²) in [4.78, 5) is 0. The fraction of sp³-hybridized carbons (Fsp3) is 1.00. The van der Waals surface area contributed by atoms with E-state index >= 15 is 0 Å². The summed E-state index contributed by atoms with van der Waals surface area (Å²) in [6.45, 7) is 19.0. The number of ether oxygens (including phenoxy) is 3. The Balaban J connectivity index is 2.53. The first-order valence-corrected chi connectivity index (χ1v) is 14.9. The second-order valence-electron chi connectivity index (χ2n) is 12.3. The van der Waals surface area contributed by atoms with E-state index in [-0.39, 0.29) is 30.7 Å². The van der Waals surface area contributed by atoms with Crippen LogP contribution in [0.25, 0.3) is 0 Å². The van der Waals surface area contributed by atoms with E-state index in [4.69, 9.17) is 14.2 Å². The first-order valence-electron chi connectivity index (χ1n) is 14.9. The smallest absolute Gasteiger partial charge is 0.158 e. The number of unbranched alkanes of at least 4 members (excludes halogenated alkanes) is 7. The average Bonchev–Trinajstić information content (AvgIpc) is 2.78. The second-order valence-corrected chi connectivity index (χ2v) is 12.3. The molecule has 1 fully saturated rings. The van der Waals surface area contributed by atoms with Crippen LogP contribution in [-0.2, 0) is 19.4 Å². The molecule has 1 saturated heterocycles. The van der Waals surface area contributed by atoms with E-state index in [0.29, 0.717) is 0 Å². The zero-order chi connectivity index (χ0) is 26.5. The largest absolute Gasteiger partial charge is 0.375 e. The molecule has 0 aromatic heterocycles. The molecule has 0 saturated carbocycles. The normalized spacial score (nSPS) is 22.1. The highest BCUT2D eigenvalue weighted by atomic mass is 16.7. The maximum atomic E-state index is 12.7. The molecule has 209 valence electrons. The number of hydrogen-bond donors (Lipinski definition) is 0. The molecule has 1 heterocycles. The van der Waals surface area contributed by atoms with E-state index in [2.05, 4.69) is 34.6 Å². The molecule has 0 aliphatic carbocycles. The van der Waals surface area contributed by atoms with Crippen molar-refractivity contribution >= 4 is 0 Å². The van der Waals surface area contributed by atoms with Crippen LogP contribution < -0.4 is 0 Å². The highest BCUT2D eigenvalue weighted by Gasteiger charge is 2.47. The summed E-state index contributed by atoms with van der Waals surface area (Å²) in [5.74, 6) is 0. The van der Waals surface area contributed by atoms with Crippen LogP contribution in [0.3, 0.4) is 0 Å². The predicted molar refractivity (Wildman–Crippen MR) is 146 cm³/mol. The SMILES string of the molecule is CCCCCCCCCCC(OC(C)CC)OC(C)CC(CC)OC1CC(C)(C)N([O])C(C)(C)C1. The Morgan fingerprint density at radius 2 is 1.29 bits per heavy atom. The Hall–Kier alpha value is -0.200. The van der Waals surface area contributed by atoms with E-state index in [1.54, 1.807) is 0 Å². The summed E-state index contributed by atoms with van der Waals surface area (Å²) in [5.41, 5.74) is -0.809. The molecule has 0 amide bonds. The summed E-state index contributed by atoms with van der Waals surface area (Å²) in [5, 5.41) is 14.0. The van der Waals surface area contributed by atoms with Crippen LogP contribution in [0.4, 0.5) is 0 Å². The average molecular weight is 499 g/mol. The number of hydroxylamine groups is 2. The van der Waals surface area contributed by atoms with Gasteiger partial charge in [-0.15, -0.1) is 10.3 Å². The van der Waals surface area contributed by atoms with Gasteiger partial charge in [-0.05, 0) is 86.5 Å².